The summed E-state index contributed by atoms with van der Waals surface area (Å²) in [6.07, 6.45) is 11.8. The van der Waals surface area contributed by atoms with Gasteiger partial charge in [0.25, 0.3) is 11.8 Å². The minimum absolute atomic E-state index is 0. The van der Waals surface area contributed by atoms with Crippen molar-refractivity contribution in [3.05, 3.63) is 135 Å². The van der Waals surface area contributed by atoms with E-state index in [4.69, 9.17) is 10.3 Å². The second-order valence-corrected chi connectivity index (χ2v) is 9.80. The number of nitrogens with zero attached hydrogens (tertiary/aromatic N) is 3. The summed E-state index contributed by atoms with van der Waals surface area (Å²) in [5.41, 5.74) is 0.0749. The molecule has 1 fully saturated rings. The molecule has 1 saturated heterocycles. The Morgan fingerprint density at radius 3 is 2.26 bits per heavy atom. The van der Waals surface area contributed by atoms with Gasteiger partial charge in [-0.25, -0.2) is 9.69 Å². The maximum Gasteiger partial charge on any atom is 1.00 e. The molecule has 0 radical (unpaired) electrons. The van der Waals surface area contributed by atoms with Gasteiger partial charge in [0, 0.05) is 30.7 Å². The smallest absolute Gasteiger partial charge is 0.870 e. The van der Waals surface area contributed by atoms with Crippen molar-refractivity contribution in [3.8, 4) is 11.4 Å². The Morgan fingerprint density at radius 2 is 1.62 bits per heavy atom. The van der Waals surface area contributed by atoms with Gasteiger partial charge in [0.15, 0.2) is 11.3 Å². The van der Waals surface area contributed by atoms with Crippen molar-refractivity contribution < 1.29 is 85.8 Å². The van der Waals surface area contributed by atoms with Gasteiger partial charge in [0.1, 0.15) is 5.57 Å². The molecule has 5 N–H and O–H groups in total. The number of hydrogen-bond donors (Lipinski definition) is 4. The first-order chi connectivity index (χ1) is 23.2. The van der Waals surface area contributed by atoms with E-state index in [0.717, 1.165) is 9.47 Å². The third-order valence-electron chi connectivity index (χ3n) is 6.65. The number of carbonyl (C=O) groups excluding carboxylic acids is 4. The molecule has 1 aliphatic heterocycles. The zero-order valence-corrected chi connectivity index (χ0v) is 29.5. The molecule has 2 aromatic heterocycles. The van der Waals surface area contributed by atoms with Gasteiger partial charge in [0.2, 0.25) is 18.0 Å². The quantitative estimate of drug-likeness (QED) is 0.0194. The molecule has 17 heteroatoms. The van der Waals surface area contributed by atoms with Crippen molar-refractivity contribution in [2.24, 2.45) is 0 Å². The molecule has 4 aromatic rings. The van der Waals surface area contributed by atoms with Crippen molar-refractivity contribution in [2.45, 2.75) is 6.92 Å². The number of benzene rings is 2. The van der Waals surface area contributed by atoms with E-state index in [2.05, 4.69) is 31.7 Å². The minimum Gasteiger partial charge on any atom is -0.870 e. The first-order valence-corrected chi connectivity index (χ1v) is 13.9. The summed E-state index contributed by atoms with van der Waals surface area (Å²) in [4.78, 5) is 92.5. The van der Waals surface area contributed by atoms with Crippen LogP contribution in [0.25, 0.3) is 17.3 Å². The van der Waals surface area contributed by atoms with Crippen LogP contribution in [0.5, 0.6) is 5.75 Å². The van der Waals surface area contributed by atoms with Crippen LogP contribution in [0.3, 0.4) is 0 Å². The van der Waals surface area contributed by atoms with E-state index < -0.39 is 29.1 Å². The zero-order valence-electron chi connectivity index (χ0n) is 26.4. The van der Waals surface area contributed by atoms with Crippen LogP contribution < -0.4 is 83.1 Å². The summed E-state index contributed by atoms with van der Waals surface area (Å²) in [6.45, 7) is 1.35. The van der Waals surface area contributed by atoms with Crippen LogP contribution in [0.4, 0.5) is 16.2 Å². The van der Waals surface area contributed by atoms with E-state index in [1.54, 1.807) is 24.3 Å². The number of urea groups is 1. The number of amides is 5. The number of carbonyl (C=O) groups is 4. The molecule has 1 aliphatic rings. The number of nitrogens with one attached hydrogen (secondary N) is 4. The van der Waals surface area contributed by atoms with Crippen LogP contribution in [-0.2, 0) is 19.3 Å². The van der Waals surface area contributed by atoms with Crippen LogP contribution in [0.1, 0.15) is 18.1 Å². The largest absolute Gasteiger partial charge is 1.00 e. The SMILES string of the molecule is CC(=O)Nc1ccc(-n2c(=O)[nH][c-]c(C=CC(=CC=C3C(=O)NC(=O)N(c4ccc(OOC=N)cc4)C3=O)c3ccncc3)c2=O)cc1.[K+].[OH-]. The fourth-order valence-corrected chi connectivity index (χ4v) is 4.47. The van der Waals surface area contributed by atoms with Gasteiger partial charge in [-0.3, -0.25) is 39.9 Å². The number of hydrogen-bond acceptors (Lipinski definition) is 11. The van der Waals surface area contributed by atoms with Crippen molar-refractivity contribution in [2.75, 3.05) is 10.2 Å². The number of barbiturate groups is 1. The first-order valence-electron chi connectivity index (χ1n) is 13.9. The molecule has 0 saturated carbocycles. The monoisotopic (exact) mass is 702 g/mol. The number of allylic oxidation sites excluding steroid dienone is 4. The fourth-order valence-electron chi connectivity index (χ4n) is 4.47. The van der Waals surface area contributed by atoms with E-state index in [1.807, 2.05) is 0 Å². The van der Waals surface area contributed by atoms with Gasteiger partial charge in [-0.05, 0) is 77.9 Å². The molecule has 50 heavy (non-hydrogen) atoms. The second-order valence-electron chi connectivity index (χ2n) is 9.80. The third kappa shape index (κ3) is 9.11. The Morgan fingerprint density at radius 1 is 0.960 bits per heavy atom. The zero-order chi connectivity index (χ0) is 34.2. The Kier molecular flexibility index (Phi) is 13.8. The Balaban J connectivity index is 0.00000338. The van der Waals surface area contributed by atoms with Crippen LogP contribution in [-0.4, -0.2) is 50.2 Å². The van der Waals surface area contributed by atoms with Crippen molar-refractivity contribution in [1.82, 2.24) is 19.9 Å². The second kappa shape index (κ2) is 17.7. The predicted molar refractivity (Wildman–Crippen MR) is 175 cm³/mol. The molecular formula is C33H25KN7O9-. The van der Waals surface area contributed by atoms with Crippen molar-refractivity contribution in [1.29, 1.82) is 5.41 Å². The van der Waals surface area contributed by atoms with Crippen molar-refractivity contribution >= 4 is 53.2 Å². The Hall–Kier alpha value is -5.56. The Bertz CT molecular complexity index is 2120. The minimum atomic E-state index is -0.959. The predicted octanol–water partition coefficient (Wildman–Crippen LogP) is -0.270. The first kappa shape index (κ1) is 38.9. The summed E-state index contributed by atoms with van der Waals surface area (Å²) >= 11 is 0. The van der Waals surface area contributed by atoms with E-state index in [-0.39, 0.29) is 91.0 Å². The molecule has 248 valence electrons. The molecule has 5 amide bonds. The van der Waals surface area contributed by atoms with Crippen LogP contribution in [0.15, 0.2) is 106 Å². The molecule has 0 bridgehead atoms. The van der Waals surface area contributed by atoms with Crippen LogP contribution in [0.2, 0.25) is 0 Å². The van der Waals surface area contributed by atoms with Gasteiger partial charge in [-0.2, -0.15) is 0 Å². The average molecular weight is 703 g/mol. The number of H-pyrrole nitrogens is 1. The Labute approximate surface area is 325 Å². The number of imide groups is 2. The van der Waals surface area contributed by atoms with Gasteiger partial charge in [-0.15, -0.1) is 6.08 Å². The van der Waals surface area contributed by atoms with E-state index in [0.29, 0.717) is 23.2 Å². The summed E-state index contributed by atoms with van der Waals surface area (Å²) in [5, 5.41) is 11.6. The van der Waals surface area contributed by atoms with Crippen LogP contribution >= 0.6 is 0 Å². The van der Waals surface area contributed by atoms with Gasteiger partial charge in [0.05, 0.1) is 5.69 Å². The van der Waals surface area contributed by atoms with Gasteiger partial charge < -0.3 is 29.9 Å². The molecule has 0 spiro atoms. The number of aromatic nitrogens is 3. The summed E-state index contributed by atoms with van der Waals surface area (Å²) in [5.74, 6) is -1.90. The molecular weight excluding hydrogens is 678 g/mol. The summed E-state index contributed by atoms with van der Waals surface area (Å²) in [6, 6.07) is 14.0. The molecule has 0 aliphatic carbocycles. The molecule has 0 unspecified atom stereocenters. The molecule has 2 aromatic carbocycles. The number of aromatic amines is 1. The normalized spacial score (nSPS) is 13.6. The van der Waals surface area contributed by atoms with Gasteiger partial charge >= 0.3 is 57.4 Å². The molecule has 5 rings (SSSR count). The van der Waals surface area contributed by atoms with E-state index >= 15 is 0 Å². The van der Waals surface area contributed by atoms with Crippen LogP contribution in [0, 0.1) is 11.6 Å². The maximum atomic E-state index is 13.4. The molecule has 0 atom stereocenters. The standard InChI is InChI=1S/C33H24N7O8.K.H2O/c1-20(41)37-24-5-7-25(8-6-24)39-30(43)23(18-36-32(39)45)3-2-21(22-14-16-35-17-15-22)4-13-28-29(42)38-33(46)40(31(28)44)26-9-11-27(12-10-26)48-47-19-34;;/h2-17,19,34H,1H3,(H,36,45)(H,37,41)(H,38,42,46);;1H2/q-1;+1;/p-1. The third-order valence-corrected chi connectivity index (χ3v) is 6.65. The van der Waals surface area contributed by atoms with E-state index in [9.17, 15) is 28.8 Å². The summed E-state index contributed by atoms with van der Waals surface area (Å²) in [7, 11) is 0. The van der Waals surface area contributed by atoms with Gasteiger partial charge in [-0.1, -0.05) is 23.9 Å². The number of anilines is 2. The molecule has 3 heterocycles. The summed E-state index contributed by atoms with van der Waals surface area (Å²) < 4.78 is 0.904. The van der Waals surface area contributed by atoms with E-state index in [1.165, 1.54) is 80.0 Å². The van der Waals surface area contributed by atoms with Crippen molar-refractivity contribution in [3.63, 3.8) is 0 Å². The maximum absolute atomic E-state index is 13.4. The molecule has 16 nitrogen and oxygen atoms in total. The average Bonchev–Trinajstić information content (AvgIpc) is 3.07. The topological polar surface area (TPSA) is 236 Å². The number of pyridine rings is 1. The number of rotatable bonds is 10. The fraction of sp³-hybridized carbons (Fsp3) is 0.0303.